The van der Waals surface area contributed by atoms with E-state index in [1.165, 1.54) is 12.8 Å². The van der Waals surface area contributed by atoms with Crippen LogP contribution in [0.2, 0.25) is 10.0 Å². The van der Waals surface area contributed by atoms with E-state index in [9.17, 15) is 10.1 Å². The summed E-state index contributed by atoms with van der Waals surface area (Å²) in [6, 6.07) is 12.0. The predicted molar refractivity (Wildman–Crippen MR) is 202 cm³/mol. The van der Waals surface area contributed by atoms with E-state index < -0.39 is 5.82 Å². The molecular formula is C41H41Cl2FN8O. The summed E-state index contributed by atoms with van der Waals surface area (Å²) < 4.78 is 21.7. The van der Waals surface area contributed by atoms with Crippen molar-refractivity contribution in [2.75, 3.05) is 13.1 Å². The van der Waals surface area contributed by atoms with Gasteiger partial charge in [0.25, 0.3) is 0 Å². The molecule has 2 aromatic carbocycles. The van der Waals surface area contributed by atoms with Crippen LogP contribution in [0.3, 0.4) is 0 Å². The van der Waals surface area contributed by atoms with E-state index in [1.807, 2.05) is 17.7 Å². The fraction of sp³-hybridized carbons (Fsp3) is 0.488. The molecule has 3 aromatic heterocycles. The fourth-order valence-electron chi connectivity index (χ4n) is 10.1. The Bertz CT molecular complexity index is 2340. The van der Waals surface area contributed by atoms with Gasteiger partial charge < -0.3 is 14.8 Å². The number of nitrogens with zero attached hydrogens (tertiary/aromatic N) is 7. The van der Waals surface area contributed by atoms with Gasteiger partial charge in [-0.05, 0) is 81.5 Å². The standard InChI is InChI=1S/C41H41Cl2FN8O/c1-21-28-17-34(33-16-26(19-50(33)41(53)23-11-12-23)51-20-32(48-49-51)22-6-2-3-7-22)52(39-25-15-31(39)46-18-25)40(28)29-14-24(8-5-13-45)35(37(44)38(29)47-21)27-9-4-10-30(42)36(27)43/h4,9-10,14,17,20,22-23,25-26,31,33,39,46H,2-3,5-8,11-12,15-16,18-19H2,1H3/t25-,26+,31-,33-,39+/m1/s1. The molecule has 272 valence electrons. The summed E-state index contributed by atoms with van der Waals surface area (Å²) in [6.07, 6.45) is 11.1. The first-order valence-corrected chi connectivity index (χ1v) is 20.0. The minimum Gasteiger partial charge on any atom is -0.337 e. The molecule has 5 atom stereocenters. The molecule has 0 unspecified atom stereocenters. The number of carbonyl (C=O) groups is 1. The van der Waals surface area contributed by atoms with Gasteiger partial charge in [-0.15, -0.1) is 5.10 Å². The van der Waals surface area contributed by atoms with Crippen LogP contribution in [0.5, 0.6) is 0 Å². The number of nitriles is 1. The third kappa shape index (κ3) is 5.32. The third-order valence-corrected chi connectivity index (χ3v) is 13.8. The van der Waals surface area contributed by atoms with Crippen molar-refractivity contribution < 1.29 is 9.18 Å². The number of nitrogens with one attached hydrogen (secondary N) is 1. The van der Waals surface area contributed by atoms with E-state index >= 15 is 4.39 Å². The second-order valence-corrected chi connectivity index (χ2v) is 16.8. The number of benzene rings is 2. The first kappa shape index (κ1) is 33.5. The van der Waals surface area contributed by atoms with Crippen molar-refractivity contribution in [1.29, 1.82) is 5.26 Å². The van der Waals surface area contributed by atoms with Gasteiger partial charge in [0.15, 0.2) is 5.82 Å². The molecule has 11 rings (SSSR count). The monoisotopic (exact) mass is 750 g/mol. The van der Waals surface area contributed by atoms with Crippen LogP contribution in [0.1, 0.15) is 104 Å². The average molecular weight is 752 g/mol. The van der Waals surface area contributed by atoms with Crippen LogP contribution < -0.4 is 5.32 Å². The number of halogens is 3. The van der Waals surface area contributed by atoms with Crippen molar-refractivity contribution in [1.82, 2.24) is 34.8 Å². The lowest BCUT2D eigenvalue weighted by Crippen LogP contribution is -2.41. The maximum Gasteiger partial charge on any atom is 0.226 e. The van der Waals surface area contributed by atoms with E-state index in [-0.39, 0.29) is 46.9 Å². The van der Waals surface area contributed by atoms with Crippen LogP contribution in [-0.2, 0) is 11.2 Å². The first-order valence-electron chi connectivity index (χ1n) is 19.2. The minimum atomic E-state index is -0.468. The van der Waals surface area contributed by atoms with Crippen molar-refractivity contribution >= 4 is 50.9 Å². The molecule has 6 aliphatic rings. The SMILES string of the molecule is Cc1nc2c(F)c(-c3cccc(Cl)c3Cl)c(CCC#N)cc2c2c1cc([C@H]1C[C@H](n3cc(C4CCCC4)nn3)CN1C(=O)C1CC1)n2[C@H]1[C@H]2CN[C@@H]1C2. The molecule has 6 fully saturated rings. The quantitative estimate of drug-likeness (QED) is 0.170. The second kappa shape index (κ2) is 12.8. The first-order chi connectivity index (χ1) is 25.8. The zero-order valence-corrected chi connectivity index (χ0v) is 31.2. The van der Waals surface area contributed by atoms with Crippen molar-refractivity contribution in [3.05, 3.63) is 75.0 Å². The molecule has 3 saturated heterocycles. The van der Waals surface area contributed by atoms with E-state index in [2.05, 4.69) is 43.4 Å². The van der Waals surface area contributed by atoms with Crippen LogP contribution in [0, 0.1) is 35.9 Å². The molecule has 3 aliphatic carbocycles. The molecule has 12 heteroatoms. The number of aryl methyl sites for hydroxylation is 2. The van der Waals surface area contributed by atoms with Crippen LogP contribution in [0.4, 0.5) is 4.39 Å². The van der Waals surface area contributed by atoms with E-state index in [1.54, 1.807) is 18.2 Å². The van der Waals surface area contributed by atoms with Gasteiger partial charge in [0, 0.05) is 76.9 Å². The molecule has 6 heterocycles. The van der Waals surface area contributed by atoms with Gasteiger partial charge in [0.1, 0.15) is 5.52 Å². The summed E-state index contributed by atoms with van der Waals surface area (Å²) in [7, 11) is 0. The Morgan fingerprint density at radius 1 is 1.11 bits per heavy atom. The average Bonchev–Trinajstić information content (AvgIpc) is 3.83. The predicted octanol–water partition coefficient (Wildman–Crippen LogP) is 8.77. The lowest BCUT2D eigenvalue weighted by Gasteiger charge is -2.39. The highest BCUT2D eigenvalue weighted by molar-refractivity contribution is 6.43. The van der Waals surface area contributed by atoms with Crippen molar-refractivity contribution in [2.24, 2.45) is 11.8 Å². The number of hydrogen-bond acceptors (Lipinski definition) is 6. The molecule has 1 amide bonds. The van der Waals surface area contributed by atoms with Gasteiger partial charge in [0.05, 0.1) is 45.5 Å². The van der Waals surface area contributed by atoms with Gasteiger partial charge in [-0.25, -0.2) is 14.1 Å². The van der Waals surface area contributed by atoms with Gasteiger partial charge in [-0.1, -0.05) is 53.4 Å². The van der Waals surface area contributed by atoms with Crippen LogP contribution in [-0.4, -0.2) is 54.5 Å². The molecule has 9 nitrogen and oxygen atoms in total. The van der Waals surface area contributed by atoms with E-state index in [4.69, 9.17) is 28.2 Å². The number of carbonyl (C=O) groups excluding carboxylic acids is 1. The molecule has 5 aromatic rings. The molecule has 2 bridgehead atoms. The Labute approximate surface area is 317 Å². The largest absolute Gasteiger partial charge is 0.337 e. The van der Waals surface area contributed by atoms with Gasteiger partial charge in [-0.2, -0.15) is 5.26 Å². The highest BCUT2D eigenvalue weighted by Crippen LogP contribution is 2.52. The summed E-state index contributed by atoms with van der Waals surface area (Å²) >= 11 is 13.1. The Morgan fingerprint density at radius 3 is 2.68 bits per heavy atom. The van der Waals surface area contributed by atoms with Crippen molar-refractivity contribution in [2.45, 2.75) is 101 Å². The topological polar surface area (TPSA) is 105 Å². The smallest absolute Gasteiger partial charge is 0.226 e. The van der Waals surface area contributed by atoms with Crippen LogP contribution >= 0.6 is 23.2 Å². The zero-order valence-electron chi connectivity index (χ0n) is 29.7. The maximum atomic E-state index is 17.2. The van der Waals surface area contributed by atoms with E-state index in [0.29, 0.717) is 57.9 Å². The number of pyridine rings is 1. The lowest BCUT2D eigenvalue weighted by molar-refractivity contribution is -0.133. The van der Waals surface area contributed by atoms with Crippen LogP contribution in [0.25, 0.3) is 32.9 Å². The number of likely N-dealkylation sites (tertiary alicyclic amines) is 1. The summed E-state index contributed by atoms with van der Waals surface area (Å²) in [4.78, 5) is 21.2. The molecule has 3 saturated carbocycles. The zero-order chi connectivity index (χ0) is 36.1. The highest BCUT2D eigenvalue weighted by atomic mass is 35.5. The Balaban J connectivity index is 1.17. The number of amides is 1. The maximum absolute atomic E-state index is 17.2. The van der Waals surface area contributed by atoms with Crippen molar-refractivity contribution in [3.8, 4) is 17.2 Å². The molecule has 3 aliphatic heterocycles. The second-order valence-electron chi connectivity index (χ2n) is 16.1. The third-order valence-electron chi connectivity index (χ3n) is 12.9. The molecule has 53 heavy (non-hydrogen) atoms. The molecule has 0 radical (unpaired) electrons. The van der Waals surface area contributed by atoms with Gasteiger partial charge in [-0.3, -0.25) is 4.79 Å². The minimum absolute atomic E-state index is 0.00375. The van der Waals surface area contributed by atoms with Gasteiger partial charge in [0.2, 0.25) is 5.91 Å². The summed E-state index contributed by atoms with van der Waals surface area (Å²) in [6.45, 7) is 3.46. The number of fused-ring (bicyclic) bond motifs is 4. The normalized spacial score (nSPS) is 25.5. The summed E-state index contributed by atoms with van der Waals surface area (Å²) in [5.74, 6) is 0.710. The molecule has 0 spiro atoms. The van der Waals surface area contributed by atoms with Crippen molar-refractivity contribution in [3.63, 3.8) is 0 Å². The van der Waals surface area contributed by atoms with Gasteiger partial charge >= 0.3 is 0 Å². The fourth-order valence-corrected chi connectivity index (χ4v) is 10.5. The Morgan fingerprint density at radius 2 is 1.94 bits per heavy atom. The summed E-state index contributed by atoms with van der Waals surface area (Å²) in [5, 5.41) is 24.9. The molecule has 1 N–H and O–H groups in total. The number of aromatic nitrogens is 5. The number of hydrogen-bond donors (Lipinski definition) is 1. The Hall–Kier alpha value is -4.04. The van der Waals surface area contributed by atoms with E-state index in [0.717, 1.165) is 73.1 Å². The van der Waals surface area contributed by atoms with Crippen LogP contribution in [0.15, 0.2) is 36.5 Å². The Kier molecular flexibility index (Phi) is 8.09. The lowest BCUT2D eigenvalue weighted by atomic mass is 9.79. The highest BCUT2D eigenvalue weighted by Gasteiger charge is 2.51. The molecular weight excluding hydrogens is 710 g/mol. The number of rotatable bonds is 8. The summed E-state index contributed by atoms with van der Waals surface area (Å²) in [5.41, 5.74) is 5.59.